The summed E-state index contributed by atoms with van der Waals surface area (Å²) in [6, 6.07) is 1.84. The van der Waals surface area contributed by atoms with Gasteiger partial charge in [0.1, 0.15) is 5.76 Å². The molecule has 4 rings (SSSR count). The van der Waals surface area contributed by atoms with Crippen molar-refractivity contribution in [2.45, 2.75) is 57.9 Å². The first-order valence-electron chi connectivity index (χ1n) is 10.1. The number of nitrogens with zero attached hydrogens (tertiary/aromatic N) is 4. The number of amides is 1. The topological polar surface area (TPSA) is 78.3 Å². The number of likely N-dealkylation sites (tertiary alicyclic amines) is 1. The van der Waals surface area contributed by atoms with Gasteiger partial charge in [-0.25, -0.2) is 4.98 Å². The summed E-state index contributed by atoms with van der Waals surface area (Å²) in [6.45, 7) is 7.82. The van der Waals surface area contributed by atoms with E-state index in [0.717, 1.165) is 51.1 Å². The van der Waals surface area contributed by atoms with Gasteiger partial charge in [-0.15, -0.1) is 0 Å². The van der Waals surface area contributed by atoms with Crippen LogP contribution in [0, 0.1) is 6.92 Å². The Kier molecular flexibility index (Phi) is 5.04. The van der Waals surface area contributed by atoms with Gasteiger partial charge in [0.2, 0.25) is 5.91 Å². The minimum Gasteiger partial charge on any atom is -0.361 e. The lowest BCUT2D eigenvalue weighted by Gasteiger charge is -2.50. The van der Waals surface area contributed by atoms with E-state index in [4.69, 9.17) is 9.51 Å². The zero-order valence-electron chi connectivity index (χ0n) is 16.3. The number of hydrogen-bond donors (Lipinski definition) is 1. The van der Waals surface area contributed by atoms with Crippen molar-refractivity contribution in [3.05, 3.63) is 35.2 Å². The lowest BCUT2D eigenvalue weighted by molar-refractivity contribution is -0.134. The third-order valence-electron chi connectivity index (χ3n) is 6.12. The van der Waals surface area contributed by atoms with Crippen LogP contribution in [0.3, 0.4) is 0 Å². The molecule has 1 amide bonds. The minimum atomic E-state index is -0.0254. The van der Waals surface area contributed by atoms with Crippen molar-refractivity contribution in [2.24, 2.45) is 0 Å². The zero-order valence-corrected chi connectivity index (χ0v) is 16.3. The van der Waals surface area contributed by atoms with Gasteiger partial charge in [-0.3, -0.25) is 9.69 Å². The molecule has 4 heterocycles. The molecule has 0 atom stereocenters. The number of carbonyl (C=O) groups excluding carboxylic acids is 1. The van der Waals surface area contributed by atoms with E-state index in [1.807, 2.05) is 24.2 Å². The fourth-order valence-electron chi connectivity index (χ4n) is 4.64. The van der Waals surface area contributed by atoms with Crippen LogP contribution in [-0.4, -0.2) is 57.0 Å². The first-order valence-corrected chi connectivity index (χ1v) is 10.1. The molecule has 1 saturated heterocycles. The molecule has 0 aromatic carbocycles. The molecule has 2 aliphatic heterocycles. The lowest BCUT2D eigenvalue weighted by Crippen LogP contribution is -2.57. The lowest BCUT2D eigenvalue weighted by atomic mass is 9.78. The number of aromatic nitrogens is 3. The smallest absolute Gasteiger partial charge is 0.230 e. The molecule has 7 heteroatoms. The van der Waals surface area contributed by atoms with Gasteiger partial charge in [0.05, 0.1) is 29.7 Å². The number of rotatable bonds is 5. The maximum absolute atomic E-state index is 12.7. The zero-order chi connectivity index (χ0) is 18.9. The van der Waals surface area contributed by atoms with E-state index in [1.54, 1.807) is 0 Å². The molecule has 2 aromatic heterocycles. The van der Waals surface area contributed by atoms with Crippen LogP contribution >= 0.6 is 0 Å². The maximum Gasteiger partial charge on any atom is 0.230 e. The van der Waals surface area contributed by atoms with Gasteiger partial charge < -0.3 is 14.4 Å². The third-order valence-corrected chi connectivity index (χ3v) is 6.12. The van der Waals surface area contributed by atoms with E-state index in [1.165, 1.54) is 24.2 Å². The molecule has 0 saturated carbocycles. The van der Waals surface area contributed by atoms with Gasteiger partial charge >= 0.3 is 0 Å². The van der Waals surface area contributed by atoms with Crippen LogP contribution in [0.5, 0.6) is 0 Å². The van der Waals surface area contributed by atoms with Crippen molar-refractivity contribution in [1.29, 1.82) is 0 Å². The highest BCUT2D eigenvalue weighted by atomic mass is 16.5. The first-order chi connectivity index (χ1) is 13.1. The van der Waals surface area contributed by atoms with Gasteiger partial charge in [0.15, 0.2) is 0 Å². The number of hydrogen-bond acceptors (Lipinski definition) is 5. The quantitative estimate of drug-likeness (QED) is 0.873. The van der Waals surface area contributed by atoms with Gasteiger partial charge in [-0.1, -0.05) is 18.5 Å². The predicted octanol–water partition coefficient (Wildman–Crippen LogP) is 2.42. The fourth-order valence-corrected chi connectivity index (χ4v) is 4.64. The Bertz CT molecular complexity index is 788. The number of imidazole rings is 1. The van der Waals surface area contributed by atoms with Gasteiger partial charge in [0.25, 0.3) is 0 Å². The van der Waals surface area contributed by atoms with Crippen molar-refractivity contribution in [3.8, 4) is 0 Å². The Morgan fingerprint density at radius 1 is 1.33 bits per heavy atom. The Morgan fingerprint density at radius 2 is 2.15 bits per heavy atom. The molecule has 146 valence electrons. The number of aromatic amines is 1. The second-order valence-corrected chi connectivity index (χ2v) is 7.84. The first kappa shape index (κ1) is 18.2. The van der Waals surface area contributed by atoms with Crippen LogP contribution in [0.4, 0.5) is 0 Å². The highest BCUT2D eigenvalue weighted by Gasteiger charge is 2.46. The van der Waals surface area contributed by atoms with E-state index in [9.17, 15) is 4.79 Å². The van der Waals surface area contributed by atoms with Crippen LogP contribution in [0.2, 0.25) is 0 Å². The molecule has 27 heavy (non-hydrogen) atoms. The highest BCUT2D eigenvalue weighted by Crippen LogP contribution is 2.42. The second kappa shape index (κ2) is 7.46. The Labute approximate surface area is 160 Å². The Hall–Kier alpha value is -2.15. The SMILES string of the molecule is CCCCN1CCc2[nH]cnc2C12CCN(C(=O)Cc1cc(C)no1)CC2. The summed E-state index contributed by atoms with van der Waals surface area (Å²) in [7, 11) is 0. The molecule has 1 N–H and O–H groups in total. The molecule has 0 aliphatic carbocycles. The monoisotopic (exact) mass is 371 g/mol. The van der Waals surface area contributed by atoms with Gasteiger partial charge in [-0.05, 0) is 32.7 Å². The average molecular weight is 371 g/mol. The summed E-state index contributed by atoms with van der Waals surface area (Å²) in [4.78, 5) is 25.3. The molecular formula is C20H29N5O2. The number of unbranched alkanes of at least 4 members (excludes halogenated alkanes) is 1. The van der Waals surface area contributed by atoms with Crippen LogP contribution < -0.4 is 0 Å². The van der Waals surface area contributed by atoms with Crippen molar-refractivity contribution in [3.63, 3.8) is 0 Å². The molecule has 0 bridgehead atoms. The summed E-state index contributed by atoms with van der Waals surface area (Å²) in [5.74, 6) is 0.772. The van der Waals surface area contributed by atoms with Crippen molar-refractivity contribution < 1.29 is 9.32 Å². The molecule has 0 unspecified atom stereocenters. The molecule has 2 aliphatic rings. The number of aryl methyl sites for hydroxylation is 1. The second-order valence-electron chi connectivity index (χ2n) is 7.84. The van der Waals surface area contributed by atoms with Crippen LogP contribution in [-0.2, 0) is 23.2 Å². The van der Waals surface area contributed by atoms with Crippen molar-refractivity contribution in [1.82, 2.24) is 24.9 Å². The average Bonchev–Trinajstić information content (AvgIpc) is 3.31. The summed E-state index contributed by atoms with van der Waals surface area (Å²) < 4.78 is 5.21. The fraction of sp³-hybridized carbons (Fsp3) is 0.650. The van der Waals surface area contributed by atoms with Crippen molar-refractivity contribution in [2.75, 3.05) is 26.2 Å². The van der Waals surface area contributed by atoms with E-state index < -0.39 is 0 Å². The van der Waals surface area contributed by atoms with Gasteiger partial charge in [0, 0.05) is 37.8 Å². The van der Waals surface area contributed by atoms with Crippen molar-refractivity contribution >= 4 is 5.91 Å². The third kappa shape index (κ3) is 3.40. The largest absolute Gasteiger partial charge is 0.361 e. The maximum atomic E-state index is 12.7. The summed E-state index contributed by atoms with van der Waals surface area (Å²) >= 11 is 0. The van der Waals surface area contributed by atoms with E-state index in [2.05, 4.69) is 22.0 Å². The molecule has 0 radical (unpaired) electrons. The van der Waals surface area contributed by atoms with E-state index in [-0.39, 0.29) is 11.4 Å². The number of nitrogens with one attached hydrogen (secondary N) is 1. The number of carbonyl (C=O) groups is 1. The van der Waals surface area contributed by atoms with Crippen LogP contribution in [0.15, 0.2) is 16.9 Å². The van der Waals surface area contributed by atoms with E-state index >= 15 is 0 Å². The normalized spacial score (nSPS) is 19.4. The van der Waals surface area contributed by atoms with E-state index in [0.29, 0.717) is 12.2 Å². The predicted molar refractivity (Wildman–Crippen MR) is 101 cm³/mol. The number of H-pyrrole nitrogens is 1. The molecular weight excluding hydrogens is 342 g/mol. The van der Waals surface area contributed by atoms with Crippen LogP contribution in [0.25, 0.3) is 0 Å². The summed E-state index contributed by atoms with van der Waals surface area (Å²) in [6.07, 6.45) is 7.44. The molecule has 7 nitrogen and oxygen atoms in total. The highest BCUT2D eigenvalue weighted by molar-refractivity contribution is 5.78. The molecule has 2 aromatic rings. The molecule has 1 fully saturated rings. The standard InChI is InChI=1S/C20H29N5O2/c1-3-4-8-25-9-5-17-19(22-14-21-17)20(25)6-10-24(11-7-20)18(26)13-16-12-15(2)23-27-16/h12,14H,3-11,13H2,1-2H3,(H,21,22). The Morgan fingerprint density at radius 3 is 2.85 bits per heavy atom. The minimum absolute atomic E-state index is 0.0254. The number of piperidine rings is 1. The van der Waals surface area contributed by atoms with Gasteiger partial charge in [-0.2, -0.15) is 0 Å². The number of fused-ring (bicyclic) bond motifs is 2. The Balaban J connectivity index is 1.47. The summed E-state index contributed by atoms with van der Waals surface area (Å²) in [5.41, 5.74) is 3.28. The van der Waals surface area contributed by atoms with Crippen LogP contribution in [0.1, 0.15) is 55.4 Å². The summed E-state index contributed by atoms with van der Waals surface area (Å²) in [5, 5.41) is 3.88. The molecule has 1 spiro atoms.